The molecule has 27 heavy (non-hydrogen) atoms. The maximum Gasteiger partial charge on any atom is 0.161 e. The number of nitrogens with zero attached hydrogens (tertiary/aromatic N) is 6. The van der Waals surface area contributed by atoms with E-state index in [1.165, 1.54) is 11.6 Å². The van der Waals surface area contributed by atoms with Crippen LogP contribution in [0.1, 0.15) is 30.3 Å². The number of imidazole rings is 2. The normalized spacial score (nSPS) is 11.4. The third-order valence-corrected chi connectivity index (χ3v) is 4.72. The predicted octanol–water partition coefficient (Wildman–Crippen LogP) is 3.63. The first-order chi connectivity index (χ1) is 13.2. The topological polar surface area (TPSA) is 60.9 Å². The highest BCUT2D eigenvalue weighted by Gasteiger charge is 2.15. The number of aryl methyl sites for hydroxylation is 4. The molecule has 0 aliphatic carbocycles. The highest BCUT2D eigenvalue weighted by atomic mass is 19.1. The van der Waals surface area contributed by atoms with E-state index < -0.39 is 0 Å². The van der Waals surface area contributed by atoms with Gasteiger partial charge in [0, 0.05) is 37.3 Å². The quantitative estimate of drug-likeness (QED) is 0.524. The lowest BCUT2D eigenvalue weighted by molar-refractivity contribution is 0.617. The fourth-order valence-corrected chi connectivity index (χ4v) is 3.47. The van der Waals surface area contributed by atoms with Gasteiger partial charge in [-0.05, 0) is 31.0 Å². The van der Waals surface area contributed by atoms with Crippen molar-refractivity contribution in [3.63, 3.8) is 0 Å². The average molecular weight is 364 g/mol. The summed E-state index contributed by atoms with van der Waals surface area (Å²) < 4.78 is 18.0. The van der Waals surface area contributed by atoms with Gasteiger partial charge in [0.2, 0.25) is 0 Å². The molecule has 4 rings (SSSR count). The van der Waals surface area contributed by atoms with Crippen molar-refractivity contribution in [1.82, 2.24) is 28.9 Å². The molecule has 4 aromatic heterocycles. The van der Waals surface area contributed by atoms with E-state index in [2.05, 4.69) is 26.9 Å². The summed E-state index contributed by atoms with van der Waals surface area (Å²) in [7, 11) is 0. The SMILES string of the molecule is CCCc1c(CCn2ccnc2-c2ncccc2F)ncn2cnc(C)c12. The minimum Gasteiger partial charge on any atom is -0.329 e. The monoisotopic (exact) mass is 364 g/mol. The lowest BCUT2D eigenvalue weighted by atomic mass is 10.0. The van der Waals surface area contributed by atoms with Crippen LogP contribution in [-0.4, -0.2) is 28.9 Å². The molecule has 7 heteroatoms. The van der Waals surface area contributed by atoms with Gasteiger partial charge in [0.15, 0.2) is 11.6 Å². The van der Waals surface area contributed by atoms with Crippen LogP contribution in [-0.2, 0) is 19.4 Å². The van der Waals surface area contributed by atoms with Gasteiger partial charge < -0.3 is 4.57 Å². The van der Waals surface area contributed by atoms with Crippen molar-refractivity contribution in [2.24, 2.45) is 0 Å². The fourth-order valence-electron chi connectivity index (χ4n) is 3.47. The van der Waals surface area contributed by atoms with Gasteiger partial charge in [-0.15, -0.1) is 0 Å². The Balaban J connectivity index is 1.66. The molecule has 138 valence electrons. The van der Waals surface area contributed by atoms with Gasteiger partial charge in [0.05, 0.1) is 11.2 Å². The van der Waals surface area contributed by atoms with Crippen molar-refractivity contribution in [3.8, 4) is 11.5 Å². The molecular weight excluding hydrogens is 343 g/mol. The van der Waals surface area contributed by atoms with Gasteiger partial charge in [-0.25, -0.2) is 24.3 Å². The first kappa shape index (κ1) is 17.3. The second-order valence-electron chi connectivity index (χ2n) is 6.53. The van der Waals surface area contributed by atoms with Crippen molar-refractivity contribution in [2.75, 3.05) is 0 Å². The minimum absolute atomic E-state index is 0.270. The van der Waals surface area contributed by atoms with Crippen LogP contribution in [0.4, 0.5) is 4.39 Å². The predicted molar refractivity (Wildman–Crippen MR) is 101 cm³/mol. The van der Waals surface area contributed by atoms with Crippen LogP contribution in [0.15, 0.2) is 43.4 Å². The molecule has 0 unspecified atom stereocenters. The summed E-state index contributed by atoms with van der Waals surface area (Å²) in [4.78, 5) is 17.5. The van der Waals surface area contributed by atoms with Crippen molar-refractivity contribution < 1.29 is 4.39 Å². The average Bonchev–Trinajstić information content (AvgIpc) is 3.28. The molecule has 0 aliphatic rings. The summed E-state index contributed by atoms with van der Waals surface area (Å²) in [5.74, 6) is 0.165. The molecule has 0 amide bonds. The molecule has 0 saturated heterocycles. The Hall–Kier alpha value is -3.09. The zero-order valence-electron chi connectivity index (χ0n) is 15.4. The van der Waals surface area contributed by atoms with Crippen molar-refractivity contribution in [3.05, 3.63) is 66.1 Å². The van der Waals surface area contributed by atoms with Gasteiger partial charge in [-0.3, -0.25) is 4.40 Å². The first-order valence-corrected chi connectivity index (χ1v) is 9.11. The molecule has 6 nitrogen and oxygen atoms in total. The molecular formula is C20H21FN6. The molecule has 0 atom stereocenters. The van der Waals surface area contributed by atoms with Crippen LogP contribution in [0.3, 0.4) is 0 Å². The van der Waals surface area contributed by atoms with Crippen LogP contribution in [0, 0.1) is 12.7 Å². The molecule has 0 fully saturated rings. The number of aromatic nitrogens is 6. The number of hydrogen-bond donors (Lipinski definition) is 0. The summed E-state index contributed by atoms with van der Waals surface area (Å²) in [5, 5.41) is 0. The first-order valence-electron chi connectivity index (χ1n) is 9.11. The van der Waals surface area contributed by atoms with E-state index in [9.17, 15) is 4.39 Å². The van der Waals surface area contributed by atoms with E-state index in [1.807, 2.05) is 28.4 Å². The molecule has 4 aromatic rings. The molecule has 0 N–H and O–H groups in total. The summed E-state index contributed by atoms with van der Waals surface area (Å²) in [6.07, 6.45) is 11.4. The van der Waals surface area contributed by atoms with Crippen LogP contribution < -0.4 is 0 Å². The molecule has 0 spiro atoms. The Morgan fingerprint density at radius 3 is 2.70 bits per heavy atom. The lowest BCUT2D eigenvalue weighted by Crippen LogP contribution is -2.09. The Labute approximate surface area is 156 Å². The van der Waals surface area contributed by atoms with E-state index in [0.29, 0.717) is 12.4 Å². The molecule has 0 aliphatic heterocycles. The molecule has 4 heterocycles. The van der Waals surface area contributed by atoms with Crippen LogP contribution in [0.5, 0.6) is 0 Å². The molecule has 0 bridgehead atoms. The Kier molecular flexibility index (Phi) is 4.66. The van der Waals surface area contributed by atoms with Crippen molar-refractivity contribution in [2.45, 2.75) is 39.7 Å². The zero-order chi connectivity index (χ0) is 18.8. The number of fused-ring (bicyclic) bond motifs is 1. The summed E-state index contributed by atoms with van der Waals surface area (Å²) in [5.41, 5.74) is 4.71. The largest absolute Gasteiger partial charge is 0.329 e. The number of pyridine rings is 1. The second kappa shape index (κ2) is 7.26. The van der Waals surface area contributed by atoms with E-state index in [0.717, 1.165) is 36.2 Å². The smallest absolute Gasteiger partial charge is 0.161 e. The number of rotatable bonds is 6. The van der Waals surface area contributed by atoms with E-state index >= 15 is 0 Å². The molecule has 0 saturated carbocycles. The number of halogens is 1. The lowest BCUT2D eigenvalue weighted by Gasteiger charge is -2.12. The maximum absolute atomic E-state index is 14.1. The summed E-state index contributed by atoms with van der Waals surface area (Å²) in [6.45, 7) is 4.84. The van der Waals surface area contributed by atoms with E-state index in [-0.39, 0.29) is 11.5 Å². The van der Waals surface area contributed by atoms with Crippen molar-refractivity contribution >= 4 is 5.52 Å². The van der Waals surface area contributed by atoms with Gasteiger partial charge in [0.25, 0.3) is 0 Å². The Morgan fingerprint density at radius 1 is 1.04 bits per heavy atom. The highest BCUT2D eigenvalue weighted by molar-refractivity contribution is 5.60. The van der Waals surface area contributed by atoms with E-state index in [1.54, 1.807) is 24.8 Å². The molecule has 0 radical (unpaired) electrons. The second-order valence-corrected chi connectivity index (χ2v) is 6.53. The van der Waals surface area contributed by atoms with Gasteiger partial charge >= 0.3 is 0 Å². The summed E-state index contributed by atoms with van der Waals surface area (Å²) in [6, 6.07) is 2.98. The van der Waals surface area contributed by atoms with Crippen LogP contribution in [0.2, 0.25) is 0 Å². The Bertz CT molecular complexity index is 1080. The number of hydrogen-bond acceptors (Lipinski definition) is 4. The Morgan fingerprint density at radius 2 is 1.89 bits per heavy atom. The van der Waals surface area contributed by atoms with Gasteiger partial charge in [-0.1, -0.05) is 13.3 Å². The zero-order valence-corrected chi connectivity index (χ0v) is 15.4. The van der Waals surface area contributed by atoms with Crippen molar-refractivity contribution in [1.29, 1.82) is 0 Å². The third-order valence-electron chi connectivity index (χ3n) is 4.72. The highest BCUT2D eigenvalue weighted by Crippen LogP contribution is 2.22. The summed E-state index contributed by atoms with van der Waals surface area (Å²) >= 11 is 0. The van der Waals surface area contributed by atoms with E-state index in [4.69, 9.17) is 0 Å². The van der Waals surface area contributed by atoms with Gasteiger partial charge in [-0.2, -0.15) is 0 Å². The minimum atomic E-state index is -0.369. The third kappa shape index (κ3) is 3.20. The van der Waals surface area contributed by atoms with Gasteiger partial charge in [0.1, 0.15) is 18.3 Å². The standard InChI is InChI=1S/C20H21FN6/c1-3-5-15-17(25-13-27-12-24-14(2)19(15)27)7-10-26-11-9-23-20(26)18-16(21)6-4-8-22-18/h4,6,8-9,11-13H,3,5,7,10H2,1-2H3. The van der Waals surface area contributed by atoms with Crippen LogP contribution in [0.25, 0.3) is 17.0 Å². The fraction of sp³-hybridized carbons (Fsp3) is 0.300. The molecule has 0 aromatic carbocycles. The van der Waals surface area contributed by atoms with Crippen LogP contribution >= 0.6 is 0 Å². The maximum atomic E-state index is 14.1.